The molecule has 0 aliphatic heterocycles. The molecule has 0 saturated carbocycles. The van der Waals surface area contributed by atoms with E-state index in [4.69, 9.17) is 9.84 Å². The first-order valence-corrected chi connectivity index (χ1v) is 3.13. The Morgan fingerprint density at radius 1 is 1.44 bits per heavy atom. The summed E-state index contributed by atoms with van der Waals surface area (Å²) in [6, 6.07) is 0. The van der Waals surface area contributed by atoms with Crippen molar-refractivity contribution in [2.24, 2.45) is 0 Å². The summed E-state index contributed by atoms with van der Waals surface area (Å²) in [5.74, 6) is 0. The lowest BCUT2D eigenvalue weighted by Gasteiger charge is -2.18. The van der Waals surface area contributed by atoms with E-state index in [2.05, 4.69) is 0 Å². The number of aliphatic hydroxyl groups is 1. The SMILES string of the molecule is CC(C)(C)OC[CH]CO. The Morgan fingerprint density at radius 2 is 2.00 bits per heavy atom. The lowest BCUT2D eigenvalue weighted by Crippen LogP contribution is -2.20. The summed E-state index contributed by atoms with van der Waals surface area (Å²) in [5, 5.41) is 8.33. The van der Waals surface area contributed by atoms with Crippen LogP contribution >= 0.6 is 0 Å². The van der Waals surface area contributed by atoms with E-state index in [1.165, 1.54) is 0 Å². The van der Waals surface area contributed by atoms with Crippen LogP contribution in [-0.2, 0) is 4.74 Å². The molecular formula is C7H15O2. The Hall–Kier alpha value is -0.0800. The fourth-order valence-electron chi connectivity index (χ4n) is 0.362. The summed E-state index contributed by atoms with van der Waals surface area (Å²) in [6.07, 6.45) is 1.69. The van der Waals surface area contributed by atoms with Crippen LogP contribution in [-0.4, -0.2) is 23.9 Å². The highest BCUT2D eigenvalue weighted by molar-refractivity contribution is 4.65. The molecule has 55 valence electrons. The Kier molecular flexibility index (Phi) is 3.82. The molecule has 2 nitrogen and oxygen atoms in total. The molecule has 0 unspecified atom stereocenters. The predicted molar refractivity (Wildman–Crippen MR) is 37.1 cm³/mol. The maximum Gasteiger partial charge on any atom is 0.0598 e. The zero-order chi connectivity index (χ0) is 7.33. The zero-order valence-electron chi connectivity index (χ0n) is 6.35. The molecule has 0 spiro atoms. The second-order valence-electron chi connectivity index (χ2n) is 2.89. The molecule has 1 N–H and O–H groups in total. The molecule has 0 saturated heterocycles. The first-order chi connectivity index (χ1) is 4.06. The van der Waals surface area contributed by atoms with Crippen LogP contribution in [0.15, 0.2) is 0 Å². The minimum atomic E-state index is -0.0916. The van der Waals surface area contributed by atoms with Gasteiger partial charge in [0.2, 0.25) is 0 Å². The van der Waals surface area contributed by atoms with Gasteiger partial charge in [-0.15, -0.1) is 0 Å². The monoisotopic (exact) mass is 131 g/mol. The molecule has 9 heavy (non-hydrogen) atoms. The van der Waals surface area contributed by atoms with Crippen LogP contribution in [0.3, 0.4) is 0 Å². The minimum absolute atomic E-state index is 0.0916. The molecule has 0 aliphatic carbocycles. The fourth-order valence-corrected chi connectivity index (χ4v) is 0.362. The van der Waals surface area contributed by atoms with E-state index in [-0.39, 0.29) is 12.2 Å². The molecule has 0 aromatic rings. The molecule has 0 bridgehead atoms. The van der Waals surface area contributed by atoms with Gasteiger partial charge in [-0.05, 0) is 20.8 Å². The van der Waals surface area contributed by atoms with Gasteiger partial charge < -0.3 is 9.84 Å². The Balaban J connectivity index is 3.07. The predicted octanol–water partition coefficient (Wildman–Crippen LogP) is 0.998. The number of hydrogen-bond donors (Lipinski definition) is 1. The first-order valence-electron chi connectivity index (χ1n) is 3.13. The summed E-state index contributed by atoms with van der Waals surface area (Å²) >= 11 is 0. The van der Waals surface area contributed by atoms with Gasteiger partial charge in [0.25, 0.3) is 0 Å². The Labute approximate surface area is 56.8 Å². The van der Waals surface area contributed by atoms with Crippen LogP contribution in [0.2, 0.25) is 0 Å². The molecule has 1 radical (unpaired) electrons. The van der Waals surface area contributed by atoms with Gasteiger partial charge in [-0.3, -0.25) is 0 Å². The average Bonchev–Trinajstić information content (AvgIpc) is 1.63. The standard InChI is InChI=1S/C7H15O2/c1-7(2,3)9-6-4-5-8/h4,8H,5-6H2,1-3H3. The maximum atomic E-state index is 8.33. The number of rotatable bonds is 3. The largest absolute Gasteiger partial charge is 0.396 e. The second-order valence-corrected chi connectivity index (χ2v) is 2.89. The topological polar surface area (TPSA) is 29.5 Å². The normalized spacial score (nSPS) is 12.0. The molecular weight excluding hydrogens is 116 g/mol. The summed E-state index contributed by atoms with van der Waals surface area (Å²) < 4.78 is 5.25. The maximum absolute atomic E-state index is 8.33. The summed E-state index contributed by atoms with van der Waals surface area (Å²) in [6.45, 7) is 6.57. The quantitative estimate of drug-likeness (QED) is 0.579. The highest BCUT2D eigenvalue weighted by Gasteiger charge is 2.08. The number of ether oxygens (including phenoxy) is 1. The van der Waals surface area contributed by atoms with Crippen molar-refractivity contribution in [3.63, 3.8) is 0 Å². The number of hydrogen-bond acceptors (Lipinski definition) is 2. The van der Waals surface area contributed by atoms with Crippen molar-refractivity contribution < 1.29 is 9.84 Å². The van der Waals surface area contributed by atoms with E-state index >= 15 is 0 Å². The Morgan fingerprint density at radius 3 is 2.33 bits per heavy atom. The van der Waals surface area contributed by atoms with Crippen LogP contribution in [0.5, 0.6) is 0 Å². The highest BCUT2D eigenvalue weighted by Crippen LogP contribution is 2.05. The van der Waals surface area contributed by atoms with Gasteiger partial charge in [0.1, 0.15) is 0 Å². The Bertz CT molecular complexity index is 63.8. The van der Waals surface area contributed by atoms with Crippen molar-refractivity contribution in [2.75, 3.05) is 13.2 Å². The van der Waals surface area contributed by atoms with Gasteiger partial charge in [-0.2, -0.15) is 0 Å². The minimum Gasteiger partial charge on any atom is -0.396 e. The molecule has 0 atom stereocenters. The summed E-state index contributed by atoms with van der Waals surface area (Å²) in [5.41, 5.74) is -0.0916. The highest BCUT2D eigenvalue weighted by atomic mass is 16.5. The van der Waals surface area contributed by atoms with Crippen molar-refractivity contribution in [1.29, 1.82) is 0 Å². The van der Waals surface area contributed by atoms with E-state index in [1.807, 2.05) is 20.8 Å². The fraction of sp³-hybridized carbons (Fsp3) is 0.857. The van der Waals surface area contributed by atoms with Gasteiger partial charge in [0.15, 0.2) is 0 Å². The van der Waals surface area contributed by atoms with Gasteiger partial charge >= 0.3 is 0 Å². The van der Waals surface area contributed by atoms with Crippen molar-refractivity contribution >= 4 is 0 Å². The molecule has 0 rings (SSSR count). The lowest BCUT2D eigenvalue weighted by molar-refractivity contribution is 0.00662. The van der Waals surface area contributed by atoms with Gasteiger partial charge in [0, 0.05) is 13.0 Å². The van der Waals surface area contributed by atoms with E-state index in [0.717, 1.165) is 0 Å². The van der Waals surface area contributed by atoms with Crippen LogP contribution in [0.4, 0.5) is 0 Å². The van der Waals surface area contributed by atoms with Crippen molar-refractivity contribution in [3.8, 4) is 0 Å². The molecule has 0 fully saturated rings. The molecule has 0 aliphatic rings. The van der Waals surface area contributed by atoms with Gasteiger partial charge in [-0.1, -0.05) is 0 Å². The molecule has 0 aromatic heterocycles. The number of aliphatic hydroxyl groups excluding tert-OH is 1. The van der Waals surface area contributed by atoms with E-state index < -0.39 is 0 Å². The van der Waals surface area contributed by atoms with Crippen LogP contribution < -0.4 is 0 Å². The van der Waals surface area contributed by atoms with Crippen LogP contribution in [0.25, 0.3) is 0 Å². The van der Waals surface area contributed by atoms with E-state index in [0.29, 0.717) is 6.61 Å². The first kappa shape index (κ1) is 8.92. The molecule has 2 heteroatoms. The van der Waals surface area contributed by atoms with Gasteiger partial charge in [-0.25, -0.2) is 0 Å². The van der Waals surface area contributed by atoms with Gasteiger partial charge in [0.05, 0.1) is 12.2 Å². The third-order valence-corrected chi connectivity index (χ3v) is 0.763. The van der Waals surface area contributed by atoms with Crippen molar-refractivity contribution in [1.82, 2.24) is 0 Å². The molecule has 0 heterocycles. The average molecular weight is 131 g/mol. The third kappa shape index (κ3) is 7.92. The van der Waals surface area contributed by atoms with E-state index in [9.17, 15) is 0 Å². The molecule has 0 amide bonds. The smallest absolute Gasteiger partial charge is 0.0598 e. The van der Waals surface area contributed by atoms with Crippen molar-refractivity contribution in [3.05, 3.63) is 6.42 Å². The summed E-state index contributed by atoms with van der Waals surface area (Å²) in [7, 11) is 0. The van der Waals surface area contributed by atoms with Crippen molar-refractivity contribution in [2.45, 2.75) is 26.4 Å². The summed E-state index contributed by atoms with van der Waals surface area (Å²) in [4.78, 5) is 0. The van der Waals surface area contributed by atoms with E-state index in [1.54, 1.807) is 6.42 Å². The zero-order valence-corrected chi connectivity index (χ0v) is 6.35. The second kappa shape index (κ2) is 3.85. The lowest BCUT2D eigenvalue weighted by atomic mass is 10.2. The van der Waals surface area contributed by atoms with Crippen LogP contribution in [0, 0.1) is 6.42 Å². The third-order valence-electron chi connectivity index (χ3n) is 0.763. The van der Waals surface area contributed by atoms with Crippen LogP contribution in [0.1, 0.15) is 20.8 Å². The molecule has 0 aromatic carbocycles.